The van der Waals surface area contributed by atoms with Crippen molar-refractivity contribution >= 4 is 24.8 Å². The normalized spacial score (nSPS) is 30.2. The highest BCUT2D eigenvalue weighted by atomic mass is 35.5. The molecule has 2 atom stereocenters. The summed E-state index contributed by atoms with van der Waals surface area (Å²) in [4.78, 5) is 2.25. The largest absolute Gasteiger partial charge is 0.379 e. The molecule has 0 aromatic heterocycles. The van der Waals surface area contributed by atoms with Gasteiger partial charge in [0.05, 0.1) is 6.10 Å². The number of likely N-dealkylation sites (N-methyl/N-ethyl adjacent to an activating group) is 1. The number of nitrogens with two attached hydrogens (primary N) is 1. The molecule has 0 aromatic carbocycles. The zero-order valence-electron chi connectivity index (χ0n) is 7.53. The maximum absolute atomic E-state index is 5.80. The number of nitrogens with zero attached hydrogens (tertiary/aromatic N) is 1. The molecule has 0 amide bonds. The van der Waals surface area contributed by atoms with Crippen LogP contribution in [0.15, 0.2) is 0 Å². The van der Waals surface area contributed by atoms with Crippen molar-refractivity contribution < 1.29 is 4.74 Å². The minimum Gasteiger partial charge on any atom is -0.379 e. The topological polar surface area (TPSA) is 38.5 Å². The van der Waals surface area contributed by atoms with E-state index in [1.807, 2.05) is 0 Å². The van der Waals surface area contributed by atoms with Crippen molar-refractivity contribution in [1.82, 2.24) is 4.90 Å². The van der Waals surface area contributed by atoms with Gasteiger partial charge in [-0.25, -0.2) is 0 Å². The lowest BCUT2D eigenvalue weighted by Gasteiger charge is -2.33. The molecule has 1 saturated heterocycles. The Bertz CT molecular complexity index is 116. The summed E-state index contributed by atoms with van der Waals surface area (Å²) in [5, 5.41) is 0. The van der Waals surface area contributed by atoms with E-state index in [2.05, 4.69) is 11.9 Å². The number of rotatable bonds is 1. The van der Waals surface area contributed by atoms with Crippen molar-refractivity contribution in [1.29, 1.82) is 0 Å². The van der Waals surface area contributed by atoms with Crippen LogP contribution in [0.25, 0.3) is 0 Å². The number of methoxy groups -OCH3 is 1. The SMILES string of the molecule is COC1CN(C)CCC1N.Cl.Cl. The highest BCUT2D eigenvalue weighted by molar-refractivity contribution is 5.85. The van der Waals surface area contributed by atoms with Crippen molar-refractivity contribution in [2.45, 2.75) is 18.6 Å². The summed E-state index contributed by atoms with van der Waals surface area (Å²) in [5.74, 6) is 0. The van der Waals surface area contributed by atoms with Crippen LogP contribution in [0.5, 0.6) is 0 Å². The minimum atomic E-state index is 0. The molecule has 1 fully saturated rings. The van der Waals surface area contributed by atoms with Gasteiger partial charge in [-0.05, 0) is 20.0 Å². The van der Waals surface area contributed by atoms with Gasteiger partial charge in [0, 0.05) is 19.7 Å². The lowest BCUT2D eigenvalue weighted by atomic mass is 10.0. The van der Waals surface area contributed by atoms with Gasteiger partial charge in [-0.2, -0.15) is 0 Å². The van der Waals surface area contributed by atoms with E-state index in [1.165, 1.54) is 0 Å². The van der Waals surface area contributed by atoms with Gasteiger partial charge in [0.1, 0.15) is 0 Å². The van der Waals surface area contributed by atoms with Crippen LogP contribution in [0.4, 0.5) is 0 Å². The standard InChI is InChI=1S/C7H16N2O.2ClH/c1-9-4-3-6(8)7(5-9)10-2;;/h6-7H,3-5,8H2,1-2H3;2*1H. The second-order valence-electron chi connectivity index (χ2n) is 2.99. The third kappa shape index (κ3) is 3.92. The molecule has 1 heterocycles. The summed E-state index contributed by atoms with van der Waals surface area (Å²) in [6, 6.07) is 0.237. The fraction of sp³-hybridized carbons (Fsp3) is 1.00. The third-order valence-electron chi connectivity index (χ3n) is 2.12. The molecule has 3 nitrogen and oxygen atoms in total. The second kappa shape index (κ2) is 6.92. The van der Waals surface area contributed by atoms with Gasteiger partial charge in [0.15, 0.2) is 0 Å². The number of halogens is 2. The van der Waals surface area contributed by atoms with Gasteiger partial charge in [-0.3, -0.25) is 0 Å². The molecular weight excluding hydrogens is 199 g/mol. The molecule has 0 aromatic rings. The maximum Gasteiger partial charge on any atom is 0.0849 e. The average molecular weight is 217 g/mol. The van der Waals surface area contributed by atoms with E-state index in [9.17, 15) is 0 Å². The first kappa shape index (κ1) is 15.0. The van der Waals surface area contributed by atoms with Gasteiger partial charge < -0.3 is 15.4 Å². The third-order valence-corrected chi connectivity index (χ3v) is 2.12. The Morgan fingerprint density at radius 2 is 2.00 bits per heavy atom. The Morgan fingerprint density at radius 3 is 2.42 bits per heavy atom. The Kier molecular flexibility index (Phi) is 8.63. The smallest absolute Gasteiger partial charge is 0.0849 e. The molecule has 0 aliphatic carbocycles. The fourth-order valence-electron chi connectivity index (χ4n) is 1.34. The van der Waals surface area contributed by atoms with Crippen molar-refractivity contribution in [3.8, 4) is 0 Å². The summed E-state index contributed by atoms with van der Waals surface area (Å²) in [6.45, 7) is 2.07. The summed E-state index contributed by atoms with van der Waals surface area (Å²) in [7, 11) is 3.82. The summed E-state index contributed by atoms with van der Waals surface area (Å²) < 4.78 is 5.21. The van der Waals surface area contributed by atoms with E-state index in [0.29, 0.717) is 0 Å². The molecule has 1 rings (SSSR count). The lowest BCUT2D eigenvalue weighted by molar-refractivity contribution is 0.0256. The van der Waals surface area contributed by atoms with Crippen LogP contribution in [-0.4, -0.2) is 44.3 Å². The molecule has 1 aliphatic heterocycles. The van der Waals surface area contributed by atoms with Crippen LogP contribution >= 0.6 is 24.8 Å². The van der Waals surface area contributed by atoms with Crippen LogP contribution < -0.4 is 5.73 Å². The van der Waals surface area contributed by atoms with Crippen molar-refractivity contribution in [3.05, 3.63) is 0 Å². The highest BCUT2D eigenvalue weighted by Gasteiger charge is 2.23. The molecule has 1 aliphatic rings. The first-order valence-electron chi connectivity index (χ1n) is 3.71. The molecule has 2 unspecified atom stereocenters. The van der Waals surface area contributed by atoms with Crippen LogP contribution in [0.1, 0.15) is 6.42 Å². The number of likely N-dealkylation sites (tertiary alicyclic amines) is 1. The van der Waals surface area contributed by atoms with Gasteiger partial charge in [-0.1, -0.05) is 0 Å². The molecule has 0 bridgehead atoms. The monoisotopic (exact) mass is 216 g/mol. The number of ether oxygens (including phenoxy) is 1. The van der Waals surface area contributed by atoms with Crippen molar-refractivity contribution in [2.24, 2.45) is 5.73 Å². The summed E-state index contributed by atoms with van der Waals surface area (Å²) in [6.07, 6.45) is 1.29. The van der Waals surface area contributed by atoms with E-state index in [-0.39, 0.29) is 37.0 Å². The van der Waals surface area contributed by atoms with Crippen molar-refractivity contribution in [3.63, 3.8) is 0 Å². The zero-order chi connectivity index (χ0) is 7.56. The zero-order valence-corrected chi connectivity index (χ0v) is 9.16. The van der Waals surface area contributed by atoms with Crippen molar-refractivity contribution in [2.75, 3.05) is 27.2 Å². The Balaban J connectivity index is 0. The molecule has 2 N–H and O–H groups in total. The number of hydrogen-bond acceptors (Lipinski definition) is 3. The number of piperidine rings is 1. The van der Waals surface area contributed by atoms with E-state index >= 15 is 0 Å². The second-order valence-corrected chi connectivity index (χ2v) is 2.99. The molecule has 5 heteroatoms. The first-order valence-corrected chi connectivity index (χ1v) is 3.71. The Labute approximate surface area is 86.4 Å². The molecule has 0 saturated carbocycles. The van der Waals surface area contributed by atoms with E-state index < -0.39 is 0 Å². The highest BCUT2D eigenvalue weighted by Crippen LogP contribution is 2.09. The summed E-state index contributed by atoms with van der Waals surface area (Å²) in [5.41, 5.74) is 5.80. The molecule has 0 spiro atoms. The molecule has 0 radical (unpaired) electrons. The van der Waals surface area contributed by atoms with Crippen LogP contribution in [0.3, 0.4) is 0 Å². The molecule has 76 valence electrons. The van der Waals surface area contributed by atoms with E-state index in [1.54, 1.807) is 7.11 Å². The minimum absolute atomic E-state index is 0. The van der Waals surface area contributed by atoms with Crippen LogP contribution in [-0.2, 0) is 4.74 Å². The fourth-order valence-corrected chi connectivity index (χ4v) is 1.34. The van der Waals surface area contributed by atoms with Gasteiger partial charge in [0.2, 0.25) is 0 Å². The predicted octanol–water partition coefficient (Wildman–Crippen LogP) is 0.508. The van der Waals surface area contributed by atoms with Crippen LogP contribution in [0.2, 0.25) is 0 Å². The maximum atomic E-state index is 5.80. The molecule has 12 heavy (non-hydrogen) atoms. The van der Waals surface area contributed by atoms with Gasteiger partial charge in [-0.15, -0.1) is 24.8 Å². The van der Waals surface area contributed by atoms with E-state index in [4.69, 9.17) is 10.5 Å². The lowest BCUT2D eigenvalue weighted by Crippen LogP contribution is -2.50. The summed E-state index contributed by atoms with van der Waals surface area (Å²) >= 11 is 0. The predicted molar refractivity (Wildman–Crippen MR) is 55.4 cm³/mol. The van der Waals surface area contributed by atoms with Gasteiger partial charge in [0.25, 0.3) is 0 Å². The first-order chi connectivity index (χ1) is 4.74. The Hall–Kier alpha value is 0.460. The molecular formula is C7H18Cl2N2O. The Morgan fingerprint density at radius 1 is 1.42 bits per heavy atom. The van der Waals surface area contributed by atoms with Crippen LogP contribution in [0, 0.1) is 0 Å². The van der Waals surface area contributed by atoms with E-state index in [0.717, 1.165) is 19.5 Å². The van der Waals surface area contributed by atoms with Gasteiger partial charge >= 0.3 is 0 Å². The number of hydrogen-bond donors (Lipinski definition) is 1. The quantitative estimate of drug-likeness (QED) is 0.695. The average Bonchev–Trinajstić information content (AvgIpc) is 1.94.